The number of hydrogen-bond donors (Lipinski definition) is 3. The number of aliphatic hydroxyl groups is 2. The molecule has 0 amide bonds. The Labute approximate surface area is 475 Å². The Morgan fingerprint density at radius 3 is 1.27 bits per heavy atom. The van der Waals surface area contributed by atoms with Crippen LogP contribution in [0.5, 0.6) is 0 Å². The van der Waals surface area contributed by atoms with Crippen molar-refractivity contribution in [2.45, 2.75) is 84.7 Å². The van der Waals surface area contributed by atoms with Gasteiger partial charge in [-0.15, -0.1) is 0 Å². The van der Waals surface area contributed by atoms with Crippen LogP contribution in [-0.4, -0.2) is 99.3 Å². The van der Waals surface area contributed by atoms with E-state index in [9.17, 15) is 74.3 Å². The standard InChI is InChI=1S/C9H8BrF3O2S.C9H9F3O3S.C8H4BrF3O2.C8H6BrF3O.C4H10BO.C4H8O.CH4O2S.Na/c1-16(14,15)8-3-6(5-10)2-7(4-8)9(11,12)13;1-16(14,15)8-3-6(5-13)2-7(4-8)9(10,11)12;9-6-2-4(7(13)14)1-5(3-6)8(10,11)12;9-7-2-5(4-13)1-6(3-7)8(10,11)12;5-4-2-1-3-6-4;1-2-4-5-3-1;1-4(2)3;/h2-4H,5H2,1H3;2-4,13H,5H2,1H3;1-3H,(H,13,14);1-3,13H,4H2;4H,1-3H2,5H3;1-4H2;1H3,(H,2,3);/q;;;;-1;;;+1/p-1. The van der Waals surface area contributed by atoms with Gasteiger partial charge in [0.25, 0.3) is 0 Å². The molecule has 2 atom stereocenters. The molecule has 2 fully saturated rings. The van der Waals surface area contributed by atoms with Gasteiger partial charge in [-0.25, -0.2) is 21.6 Å². The summed E-state index contributed by atoms with van der Waals surface area (Å²) in [6.07, 6.45) is -10.1. The molecule has 0 spiro atoms. The van der Waals surface area contributed by atoms with Crippen molar-refractivity contribution in [2.24, 2.45) is 0 Å². The molecule has 3 N–H and O–H groups in total. The van der Waals surface area contributed by atoms with Gasteiger partial charge in [0, 0.05) is 46.6 Å². The number of aromatic carboxylic acids is 1. The Bertz CT molecular complexity index is 2550. The summed E-state index contributed by atoms with van der Waals surface area (Å²) < 4.78 is 221. The van der Waals surface area contributed by atoms with Crippen molar-refractivity contribution in [1.29, 1.82) is 0 Å². The normalized spacial score (nSPS) is 14.8. The fourth-order valence-electron chi connectivity index (χ4n) is 4.95. The van der Waals surface area contributed by atoms with E-state index in [2.05, 4.69) is 47.8 Å². The number of carboxylic acid groups (broad SMARTS) is 1. The summed E-state index contributed by atoms with van der Waals surface area (Å²) in [6, 6.07) is 11.7. The summed E-state index contributed by atoms with van der Waals surface area (Å²) >= 11 is 6.88. The predicted octanol–water partition coefficient (Wildman–Crippen LogP) is 7.52. The van der Waals surface area contributed by atoms with Crippen LogP contribution in [0, 0.1) is 0 Å². The number of benzene rings is 4. The first kappa shape index (κ1) is 74.9. The van der Waals surface area contributed by atoms with Crippen LogP contribution in [0.4, 0.5) is 52.7 Å². The van der Waals surface area contributed by atoms with Gasteiger partial charge in [-0.1, -0.05) is 71.3 Å². The second-order valence-electron chi connectivity index (χ2n) is 14.5. The molecule has 32 heteroatoms. The Kier molecular flexibility index (Phi) is 34.1. The summed E-state index contributed by atoms with van der Waals surface area (Å²) in [4.78, 5) is 9.67. The first-order valence-corrected chi connectivity index (χ1v) is 27.8. The summed E-state index contributed by atoms with van der Waals surface area (Å²) in [5.74, 6) is -1.39. The minimum atomic E-state index is -4.63. The van der Waals surface area contributed by atoms with Crippen LogP contribution in [0.1, 0.15) is 75.0 Å². The van der Waals surface area contributed by atoms with Crippen LogP contribution in [0.15, 0.2) is 91.5 Å². The van der Waals surface area contributed by atoms with E-state index in [0.29, 0.717) is 36.6 Å². The third-order valence-corrected chi connectivity index (χ3v) is 12.0. The van der Waals surface area contributed by atoms with E-state index in [1.807, 2.05) is 0 Å². The number of alkyl halides is 13. The van der Waals surface area contributed by atoms with Crippen LogP contribution in [0.2, 0.25) is 0 Å². The van der Waals surface area contributed by atoms with Crippen LogP contribution >= 0.6 is 47.8 Å². The number of sulfone groups is 2. The molecule has 75 heavy (non-hydrogen) atoms. The molecule has 0 aromatic heterocycles. The average Bonchev–Trinajstić information content (AvgIpc) is 4.02. The minimum absolute atomic E-state index is 0. The van der Waals surface area contributed by atoms with Crippen LogP contribution in [-0.2, 0) is 83.5 Å². The van der Waals surface area contributed by atoms with Gasteiger partial charge in [0.15, 0.2) is 19.7 Å². The van der Waals surface area contributed by atoms with Crippen molar-refractivity contribution < 1.29 is 137 Å². The van der Waals surface area contributed by atoms with Crippen molar-refractivity contribution in [3.63, 3.8) is 0 Å². The second-order valence-corrected chi connectivity index (χ2v) is 21.7. The largest absolute Gasteiger partial charge is 1.00 e. The Morgan fingerprint density at radius 1 is 0.640 bits per heavy atom. The third-order valence-electron chi connectivity index (χ3n) is 8.25. The average molecular weight is 1350 g/mol. The van der Waals surface area contributed by atoms with Gasteiger partial charge in [-0.3, -0.25) is 4.21 Å². The molecule has 0 bridgehead atoms. The smallest absolute Gasteiger partial charge is 0.773 e. The third kappa shape index (κ3) is 32.5. The number of halogens is 15. The van der Waals surface area contributed by atoms with Crippen LogP contribution in [0.25, 0.3) is 0 Å². The maximum absolute atomic E-state index is 12.5. The second kappa shape index (κ2) is 34.1. The molecule has 0 radical (unpaired) electrons. The zero-order chi connectivity index (χ0) is 57.6. The van der Waals surface area contributed by atoms with Crippen molar-refractivity contribution in [1.82, 2.24) is 0 Å². The molecule has 0 aliphatic carbocycles. The van der Waals surface area contributed by atoms with E-state index >= 15 is 0 Å². The topological polar surface area (TPSA) is 205 Å². The zero-order valence-electron chi connectivity index (χ0n) is 39.0. The maximum atomic E-state index is 12.5. The molecule has 2 unspecified atom stereocenters. The molecule has 12 nitrogen and oxygen atoms in total. The first-order valence-electron chi connectivity index (χ1n) is 19.9. The fourth-order valence-corrected chi connectivity index (χ4v) is 7.73. The van der Waals surface area contributed by atoms with E-state index in [1.165, 1.54) is 37.8 Å². The quantitative estimate of drug-likeness (QED) is 0.0743. The molecular weight excluding hydrogens is 1310 g/mol. The predicted molar refractivity (Wildman–Crippen MR) is 263 cm³/mol. The first-order chi connectivity index (χ1) is 33.6. The van der Waals surface area contributed by atoms with Gasteiger partial charge < -0.3 is 29.3 Å². The summed E-state index contributed by atoms with van der Waals surface area (Å²) in [5.41, 5.74) is -3.75. The number of carbonyl (C=O) groups is 1. The molecule has 4 aromatic rings. The van der Waals surface area contributed by atoms with Gasteiger partial charge in [-0.2, -0.15) is 52.7 Å². The van der Waals surface area contributed by atoms with Crippen molar-refractivity contribution in [3.05, 3.63) is 126 Å². The van der Waals surface area contributed by atoms with Gasteiger partial charge in [0.05, 0.1) is 50.8 Å². The van der Waals surface area contributed by atoms with Crippen molar-refractivity contribution in [3.8, 4) is 0 Å². The molecule has 420 valence electrons. The summed E-state index contributed by atoms with van der Waals surface area (Å²) in [5, 5.41) is 26.1. The monoisotopic (exact) mass is 1350 g/mol. The minimum Gasteiger partial charge on any atom is -0.773 e. The Morgan fingerprint density at radius 2 is 0.987 bits per heavy atom. The molecule has 4 aromatic carbocycles. The van der Waals surface area contributed by atoms with E-state index in [1.54, 1.807) is 0 Å². The Hall–Kier alpha value is -2.14. The van der Waals surface area contributed by atoms with Gasteiger partial charge in [0.2, 0.25) is 0 Å². The zero-order valence-corrected chi connectivity index (χ0v) is 48.2. The number of rotatable bonds is 6. The summed E-state index contributed by atoms with van der Waals surface area (Å²) in [6.45, 7) is 2.00. The fraction of sp³-hybridized carbons (Fsp3) is 0.419. The van der Waals surface area contributed by atoms with E-state index in [0.717, 1.165) is 81.0 Å². The van der Waals surface area contributed by atoms with Crippen LogP contribution < -0.4 is 29.6 Å². The molecule has 0 saturated carbocycles. The number of aliphatic hydroxyl groups excluding tert-OH is 2. The Balaban J connectivity index is 0. The van der Waals surface area contributed by atoms with E-state index in [4.69, 9.17) is 33.6 Å². The SMILES string of the molecule is C1CCOC1.CS(=O)(=O)c1cc(CBr)cc(C(F)(F)F)c1.CS(=O)(=O)c1cc(CO)cc(C(F)(F)F)c1.CS(=O)[O-].O=C(O)c1cc(Br)cc(C(F)(F)F)c1.OCc1cc(Br)cc(C(F)(F)F)c1.[BH3-]C1CCCO1.[Na+]. The van der Waals surface area contributed by atoms with Crippen molar-refractivity contribution >= 4 is 92.4 Å². The van der Waals surface area contributed by atoms with Crippen LogP contribution in [0.3, 0.4) is 0 Å². The van der Waals surface area contributed by atoms with Gasteiger partial charge in [-0.05, 0) is 123 Å². The number of ether oxygens (including phenoxy) is 2. The van der Waals surface area contributed by atoms with E-state index in [-0.39, 0.29) is 60.9 Å². The van der Waals surface area contributed by atoms with Crippen molar-refractivity contribution in [2.75, 3.05) is 38.6 Å². The molecular formula is C43H48BBr3F12NaO12S3-. The summed E-state index contributed by atoms with van der Waals surface area (Å²) in [7, 11) is -6.85. The maximum Gasteiger partial charge on any atom is 1.00 e. The molecule has 2 aliphatic heterocycles. The van der Waals surface area contributed by atoms with Gasteiger partial charge in [0.1, 0.15) is 0 Å². The van der Waals surface area contributed by atoms with E-state index < -0.39 is 107 Å². The molecule has 6 rings (SSSR count). The molecule has 2 aliphatic rings. The molecule has 2 heterocycles. The number of hydrogen-bond acceptors (Lipinski definition) is 11. The number of carboxylic acids is 1. The molecule has 2 saturated heterocycles. The van der Waals surface area contributed by atoms with Gasteiger partial charge >= 0.3 is 60.2 Å².